The van der Waals surface area contributed by atoms with Gasteiger partial charge in [0, 0.05) is 17.7 Å². The van der Waals surface area contributed by atoms with Crippen molar-refractivity contribution in [2.24, 2.45) is 11.5 Å². The summed E-state index contributed by atoms with van der Waals surface area (Å²) in [6, 6.07) is 4.42. The zero-order valence-electron chi connectivity index (χ0n) is 8.87. The summed E-state index contributed by atoms with van der Waals surface area (Å²) in [5.74, 6) is 0.182. The molecule has 0 aliphatic heterocycles. The van der Waals surface area contributed by atoms with Crippen molar-refractivity contribution in [3.63, 3.8) is 0 Å². The highest BCUT2D eigenvalue weighted by Crippen LogP contribution is 2.22. The number of ether oxygens (including phenoxy) is 1. The molecule has 1 rings (SSSR count). The zero-order chi connectivity index (χ0) is 11.3. The van der Waals surface area contributed by atoms with Gasteiger partial charge in [-0.3, -0.25) is 0 Å². The number of rotatable bonds is 5. The summed E-state index contributed by atoms with van der Waals surface area (Å²) in [6.07, 6.45) is 1.49. The summed E-state index contributed by atoms with van der Waals surface area (Å²) in [5.41, 5.74) is 11.7. The van der Waals surface area contributed by atoms with E-state index >= 15 is 0 Å². The van der Waals surface area contributed by atoms with Crippen LogP contribution in [0.1, 0.15) is 24.4 Å². The molecule has 15 heavy (non-hydrogen) atoms. The molecule has 0 aliphatic carbocycles. The molecule has 1 aromatic carbocycles. The van der Waals surface area contributed by atoms with Gasteiger partial charge in [-0.05, 0) is 25.5 Å². The smallest absolute Gasteiger partial charge is 0.131 e. The van der Waals surface area contributed by atoms with Crippen LogP contribution >= 0.6 is 0 Å². The van der Waals surface area contributed by atoms with E-state index in [0.717, 1.165) is 6.42 Å². The lowest BCUT2D eigenvalue weighted by atomic mass is 10.0. The maximum absolute atomic E-state index is 13.5. The van der Waals surface area contributed by atoms with Crippen LogP contribution in [0.15, 0.2) is 18.2 Å². The van der Waals surface area contributed by atoms with Crippen LogP contribution in [0.4, 0.5) is 4.39 Å². The Kier molecular flexibility index (Phi) is 4.52. The van der Waals surface area contributed by atoms with Crippen molar-refractivity contribution in [3.05, 3.63) is 29.6 Å². The SMILES string of the molecule is COc1ccc([C@@H](N)CCCN)c(F)c1. The van der Waals surface area contributed by atoms with E-state index < -0.39 is 0 Å². The fraction of sp³-hybridized carbons (Fsp3) is 0.455. The third-order valence-corrected chi connectivity index (χ3v) is 2.33. The van der Waals surface area contributed by atoms with Crippen molar-refractivity contribution in [1.82, 2.24) is 0 Å². The van der Waals surface area contributed by atoms with Crippen LogP contribution in [0.5, 0.6) is 5.75 Å². The molecule has 0 heterocycles. The van der Waals surface area contributed by atoms with Crippen molar-refractivity contribution >= 4 is 0 Å². The van der Waals surface area contributed by atoms with Crippen LogP contribution in [0.25, 0.3) is 0 Å². The molecule has 0 aromatic heterocycles. The molecule has 4 heteroatoms. The minimum atomic E-state index is -0.320. The topological polar surface area (TPSA) is 61.3 Å². The van der Waals surface area contributed by atoms with Gasteiger partial charge in [0.05, 0.1) is 7.11 Å². The Bertz CT molecular complexity index is 317. The minimum Gasteiger partial charge on any atom is -0.497 e. The summed E-state index contributed by atoms with van der Waals surface area (Å²) in [7, 11) is 1.50. The highest BCUT2D eigenvalue weighted by molar-refractivity contribution is 5.30. The zero-order valence-corrected chi connectivity index (χ0v) is 8.87. The van der Waals surface area contributed by atoms with Crippen molar-refractivity contribution in [2.45, 2.75) is 18.9 Å². The average Bonchev–Trinajstić information content (AvgIpc) is 2.25. The van der Waals surface area contributed by atoms with Crippen molar-refractivity contribution in [2.75, 3.05) is 13.7 Å². The second-order valence-corrected chi connectivity index (χ2v) is 3.42. The van der Waals surface area contributed by atoms with E-state index in [1.807, 2.05) is 0 Å². The number of halogens is 1. The Labute approximate surface area is 89.2 Å². The van der Waals surface area contributed by atoms with Gasteiger partial charge in [-0.2, -0.15) is 0 Å². The molecular formula is C11H17FN2O. The van der Waals surface area contributed by atoms with E-state index in [1.54, 1.807) is 12.1 Å². The average molecular weight is 212 g/mol. The van der Waals surface area contributed by atoms with Crippen LogP contribution in [0.3, 0.4) is 0 Å². The first-order valence-corrected chi connectivity index (χ1v) is 4.98. The summed E-state index contributed by atoms with van der Waals surface area (Å²) in [4.78, 5) is 0. The van der Waals surface area contributed by atoms with Crippen LogP contribution < -0.4 is 16.2 Å². The molecule has 0 amide bonds. The summed E-state index contributed by atoms with van der Waals surface area (Å²) in [5, 5.41) is 0. The van der Waals surface area contributed by atoms with Gasteiger partial charge in [0.15, 0.2) is 0 Å². The summed E-state index contributed by atoms with van der Waals surface area (Å²) >= 11 is 0. The molecule has 84 valence electrons. The van der Waals surface area contributed by atoms with Gasteiger partial charge in [0.2, 0.25) is 0 Å². The Morgan fingerprint density at radius 1 is 1.47 bits per heavy atom. The highest BCUT2D eigenvalue weighted by atomic mass is 19.1. The lowest BCUT2D eigenvalue weighted by Crippen LogP contribution is -2.14. The lowest BCUT2D eigenvalue weighted by molar-refractivity contribution is 0.410. The fourth-order valence-electron chi connectivity index (χ4n) is 1.43. The monoisotopic (exact) mass is 212 g/mol. The van der Waals surface area contributed by atoms with Gasteiger partial charge >= 0.3 is 0 Å². The van der Waals surface area contributed by atoms with Gasteiger partial charge in [-0.1, -0.05) is 6.07 Å². The van der Waals surface area contributed by atoms with Crippen molar-refractivity contribution in [1.29, 1.82) is 0 Å². The summed E-state index contributed by atoms with van der Waals surface area (Å²) < 4.78 is 18.4. The maximum atomic E-state index is 13.5. The molecular weight excluding hydrogens is 195 g/mol. The van der Waals surface area contributed by atoms with Gasteiger partial charge in [0.25, 0.3) is 0 Å². The second-order valence-electron chi connectivity index (χ2n) is 3.42. The largest absolute Gasteiger partial charge is 0.497 e. The Morgan fingerprint density at radius 3 is 2.73 bits per heavy atom. The van der Waals surface area contributed by atoms with Crippen LogP contribution in [-0.4, -0.2) is 13.7 Å². The van der Waals surface area contributed by atoms with Gasteiger partial charge in [-0.15, -0.1) is 0 Å². The van der Waals surface area contributed by atoms with E-state index in [1.165, 1.54) is 13.2 Å². The molecule has 1 atom stereocenters. The molecule has 0 fully saturated rings. The molecule has 0 bridgehead atoms. The molecule has 4 N–H and O–H groups in total. The van der Waals surface area contributed by atoms with E-state index in [2.05, 4.69) is 0 Å². The molecule has 3 nitrogen and oxygen atoms in total. The van der Waals surface area contributed by atoms with Crippen molar-refractivity contribution in [3.8, 4) is 5.75 Å². The van der Waals surface area contributed by atoms with E-state index in [4.69, 9.17) is 16.2 Å². The Hall–Kier alpha value is -1.13. The number of nitrogens with two attached hydrogens (primary N) is 2. The normalized spacial score (nSPS) is 12.5. The first kappa shape index (κ1) is 11.9. The number of benzene rings is 1. The standard InChI is InChI=1S/C11H17FN2O/c1-15-8-4-5-9(10(12)7-8)11(14)3-2-6-13/h4-5,7,11H,2-3,6,13-14H2,1H3/t11-/m0/s1. The van der Waals surface area contributed by atoms with E-state index in [-0.39, 0.29) is 11.9 Å². The first-order chi connectivity index (χ1) is 7.19. The van der Waals surface area contributed by atoms with Crippen LogP contribution in [0, 0.1) is 5.82 Å². The molecule has 0 saturated carbocycles. The molecule has 0 aliphatic rings. The third kappa shape index (κ3) is 3.18. The fourth-order valence-corrected chi connectivity index (χ4v) is 1.43. The number of hydrogen-bond donors (Lipinski definition) is 2. The quantitative estimate of drug-likeness (QED) is 0.778. The van der Waals surface area contributed by atoms with Crippen LogP contribution in [-0.2, 0) is 0 Å². The molecule has 0 radical (unpaired) electrons. The predicted molar refractivity (Wildman–Crippen MR) is 58.2 cm³/mol. The molecule has 0 saturated heterocycles. The Balaban J connectivity index is 2.76. The minimum absolute atomic E-state index is 0.292. The van der Waals surface area contributed by atoms with E-state index in [9.17, 15) is 4.39 Å². The predicted octanol–water partition coefficient (Wildman–Crippen LogP) is 1.57. The van der Waals surface area contributed by atoms with Crippen molar-refractivity contribution < 1.29 is 9.13 Å². The molecule has 0 spiro atoms. The second kappa shape index (κ2) is 5.68. The summed E-state index contributed by atoms with van der Waals surface area (Å²) in [6.45, 7) is 0.575. The lowest BCUT2D eigenvalue weighted by Gasteiger charge is -2.13. The van der Waals surface area contributed by atoms with Gasteiger partial charge in [-0.25, -0.2) is 4.39 Å². The number of hydrogen-bond acceptors (Lipinski definition) is 3. The van der Waals surface area contributed by atoms with Gasteiger partial charge < -0.3 is 16.2 Å². The van der Waals surface area contributed by atoms with Gasteiger partial charge in [0.1, 0.15) is 11.6 Å². The number of methoxy groups -OCH3 is 1. The maximum Gasteiger partial charge on any atom is 0.131 e. The Morgan fingerprint density at radius 2 is 2.20 bits per heavy atom. The molecule has 0 unspecified atom stereocenters. The van der Waals surface area contributed by atoms with E-state index in [0.29, 0.717) is 24.3 Å². The van der Waals surface area contributed by atoms with Crippen LogP contribution in [0.2, 0.25) is 0 Å². The first-order valence-electron chi connectivity index (χ1n) is 4.98. The molecule has 1 aromatic rings. The third-order valence-electron chi connectivity index (χ3n) is 2.33. The highest BCUT2D eigenvalue weighted by Gasteiger charge is 2.11.